The summed E-state index contributed by atoms with van der Waals surface area (Å²) in [5, 5.41) is 11.4. The second-order valence-corrected chi connectivity index (χ2v) is 24.0. The molecule has 0 radical (unpaired) electrons. The molecule has 0 saturated heterocycles. The standard InChI is InChI=1S/C56H84N8O9S/c1-37(2)45(64(14)52(69)46(54(4,5)6)61-51(68)47(63(12)13)56(10,11)42-25-19-16-20-26-42)33-38(3)48(65)62-74(71,72)36-41-30-28-40(29-31-41)35-59-50(67)44(27-21-22-32-58-53(70)73-55(7,8)9)60-49(66)43(57)34-39-23-17-15-18-24-39/h15-20,23-26,28-31,33,37,43-47H,21-22,27,32,34-36,57H2,1-14H3,(H,58,70)(H,59,67)(H,60,66)(H,61,68)(H,62,65). The molecule has 18 heteroatoms. The molecular formula is C56H84N8O9S. The number of nitrogens with one attached hydrogen (secondary N) is 5. The Balaban J connectivity index is 1.67. The van der Waals surface area contributed by atoms with Gasteiger partial charge in [0, 0.05) is 31.1 Å². The highest BCUT2D eigenvalue weighted by Crippen LogP contribution is 2.31. The van der Waals surface area contributed by atoms with Crippen LogP contribution in [0, 0.1) is 11.3 Å². The van der Waals surface area contributed by atoms with Crippen LogP contribution in [-0.4, -0.2) is 117 Å². The predicted octanol–water partition coefficient (Wildman–Crippen LogP) is 5.87. The summed E-state index contributed by atoms with van der Waals surface area (Å²) in [5.74, 6) is -3.20. The second kappa shape index (κ2) is 27.4. The monoisotopic (exact) mass is 1040 g/mol. The number of amides is 6. The molecule has 7 N–H and O–H groups in total. The van der Waals surface area contributed by atoms with E-state index in [0.29, 0.717) is 30.5 Å². The first kappa shape index (κ1) is 62.2. The zero-order chi connectivity index (χ0) is 55.8. The van der Waals surface area contributed by atoms with Crippen LogP contribution in [0.5, 0.6) is 0 Å². The molecule has 0 aliphatic heterocycles. The van der Waals surface area contributed by atoms with Crippen LogP contribution < -0.4 is 31.7 Å². The number of nitrogens with two attached hydrogens (primary N) is 1. The van der Waals surface area contributed by atoms with Crippen LogP contribution in [0.2, 0.25) is 0 Å². The fraction of sp³-hybridized carbons (Fsp3) is 0.536. The van der Waals surface area contributed by atoms with E-state index in [2.05, 4.69) is 26.0 Å². The van der Waals surface area contributed by atoms with Gasteiger partial charge in [0.1, 0.15) is 17.7 Å². The molecule has 0 saturated carbocycles. The zero-order valence-corrected chi connectivity index (χ0v) is 46.9. The maximum atomic E-state index is 14.4. The third-order valence-corrected chi connectivity index (χ3v) is 13.8. The molecule has 6 amide bonds. The summed E-state index contributed by atoms with van der Waals surface area (Å²) in [5.41, 5.74) is 7.21. The van der Waals surface area contributed by atoms with Crippen LogP contribution in [0.1, 0.15) is 118 Å². The Labute approximate surface area is 440 Å². The van der Waals surface area contributed by atoms with E-state index in [4.69, 9.17) is 10.5 Å². The largest absolute Gasteiger partial charge is 0.444 e. The average Bonchev–Trinajstić information content (AvgIpc) is 3.30. The lowest BCUT2D eigenvalue weighted by Gasteiger charge is -2.41. The molecule has 0 aliphatic carbocycles. The SMILES string of the molecule is CC(=CC(C(C)C)N(C)C(=O)C(NC(=O)C(N(C)C)C(C)(C)c1ccccc1)C(C)(C)C)C(=O)NS(=O)(=O)Cc1ccc(CNC(=O)C(CCCCNC(=O)OC(C)(C)C)NC(=O)C(N)Cc2ccccc2)cc1. The van der Waals surface area contributed by atoms with Crippen LogP contribution in [0.4, 0.5) is 4.79 Å². The summed E-state index contributed by atoms with van der Waals surface area (Å²) in [4.78, 5) is 84.3. The van der Waals surface area contributed by atoms with Gasteiger partial charge in [-0.05, 0) is 101 Å². The van der Waals surface area contributed by atoms with Gasteiger partial charge in [-0.15, -0.1) is 0 Å². The quantitative estimate of drug-likeness (QED) is 0.0434. The Kier molecular flexibility index (Phi) is 23.1. The minimum atomic E-state index is -4.20. The Bertz CT molecular complexity index is 2480. The number of alkyl carbamates (subject to hydrolysis) is 1. The molecule has 0 aliphatic rings. The summed E-state index contributed by atoms with van der Waals surface area (Å²) in [6, 6.07) is 21.4. The van der Waals surface area contributed by atoms with E-state index in [0.717, 1.165) is 11.1 Å². The molecule has 0 fully saturated rings. The molecule has 408 valence electrons. The van der Waals surface area contributed by atoms with Gasteiger partial charge in [-0.3, -0.25) is 28.9 Å². The van der Waals surface area contributed by atoms with Crippen molar-refractivity contribution in [2.75, 3.05) is 27.7 Å². The molecule has 0 spiro atoms. The molecule has 5 atom stereocenters. The van der Waals surface area contributed by atoms with E-state index in [-0.39, 0.29) is 42.7 Å². The number of sulfonamides is 1. The number of carbonyl (C=O) groups excluding carboxylic acids is 6. The molecular weight excluding hydrogens is 961 g/mol. The van der Waals surface area contributed by atoms with Crippen LogP contribution in [0.25, 0.3) is 0 Å². The number of benzene rings is 3. The number of carbonyl (C=O) groups is 6. The Hall–Kier alpha value is -6.11. The minimum Gasteiger partial charge on any atom is -0.444 e. The van der Waals surface area contributed by atoms with Gasteiger partial charge in [0.15, 0.2) is 0 Å². The third-order valence-electron chi connectivity index (χ3n) is 12.6. The maximum Gasteiger partial charge on any atom is 0.407 e. The molecule has 74 heavy (non-hydrogen) atoms. The number of rotatable bonds is 25. The molecule has 3 rings (SSSR count). The van der Waals surface area contributed by atoms with Crippen molar-refractivity contribution in [2.45, 2.75) is 155 Å². The van der Waals surface area contributed by atoms with Crippen molar-refractivity contribution < 1.29 is 41.9 Å². The van der Waals surface area contributed by atoms with Crippen LogP contribution in [-0.2, 0) is 62.9 Å². The fourth-order valence-electron chi connectivity index (χ4n) is 8.57. The Morgan fingerprint density at radius 3 is 1.82 bits per heavy atom. The van der Waals surface area contributed by atoms with Crippen molar-refractivity contribution in [2.24, 2.45) is 17.1 Å². The van der Waals surface area contributed by atoms with E-state index in [9.17, 15) is 37.2 Å². The number of unbranched alkanes of at least 4 members (excludes halogenated alkanes) is 1. The molecule has 3 aromatic carbocycles. The van der Waals surface area contributed by atoms with Gasteiger partial charge in [0.2, 0.25) is 33.7 Å². The number of ether oxygens (including phenoxy) is 1. The molecule has 0 bridgehead atoms. The summed E-state index contributed by atoms with van der Waals surface area (Å²) in [6.45, 7) is 20.5. The third kappa shape index (κ3) is 20.0. The molecule has 0 heterocycles. The highest BCUT2D eigenvalue weighted by Gasteiger charge is 2.43. The minimum absolute atomic E-state index is 0.0646. The maximum absolute atomic E-state index is 14.4. The molecule has 5 unspecified atom stereocenters. The van der Waals surface area contributed by atoms with Crippen molar-refractivity contribution in [1.82, 2.24) is 35.8 Å². The molecule has 0 aromatic heterocycles. The van der Waals surface area contributed by atoms with Crippen LogP contribution >= 0.6 is 0 Å². The van der Waals surface area contributed by atoms with E-state index in [1.807, 2.05) is 128 Å². The summed E-state index contributed by atoms with van der Waals surface area (Å²) < 4.78 is 34.2. The highest BCUT2D eigenvalue weighted by molar-refractivity contribution is 7.89. The highest BCUT2D eigenvalue weighted by atomic mass is 32.2. The van der Waals surface area contributed by atoms with Crippen molar-refractivity contribution >= 4 is 45.7 Å². The van der Waals surface area contributed by atoms with Gasteiger partial charge in [-0.25, -0.2) is 17.9 Å². The number of hydrogen-bond donors (Lipinski definition) is 6. The zero-order valence-electron chi connectivity index (χ0n) is 46.1. The van der Waals surface area contributed by atoms with Gasteiger partial charge in [-0.2, -0.15) is 0 Å². The summed E-state index contributed by atoms with van der Waals surface area (Å²) >= 11 is 0. The topological polar surface area (TPSA) is 238 Å². The van der Waals surface area contributed by atoms with Crippen molar-refractivity contribution in [3.05, 3.63) is 119 Å². The predicted molar refractivity (Wildman–Crippen MR) is 291 cm³/mol. The van der Waals surface area contributed by atoms with Crippen molar-refractivity contribution in [3.63, 3.8) is 0 Å². The van der Waals surface area contributed by atoms with E-state index < -0.39 is 86.2 Å². The lowest BCUT2D eigenvalue weighted by Crippen LogP contribution is -2.61. The smallest absolute Gasteiger partial charge is 0.407 e. The summed E-state index contributed by atoms with van der Waals surface area (Å²) in [6.07, 6.45) is 2.55. The van der Waals surface area contributed by atoms with Crippen LogP contribution in [0.3, 0.4) is 0 Å². The van der Waals surface area contributed by atoms with Gasteiger partial charge in [0.05, 0.1) is 23.9 Å². The van der Waals surface area contributed by atoms with Gasteiger partial charge >= 0.3 is 6.09 Å². The number of hydrogen-bond acceptors (Lipinski definition) is 11. The van der Waals surface area contributed by atoms with Crippen molar-refractivity contribution in [1.29, 1.82) is 0 Å². The van der Waals surface area contributed by atoms with E-state index >= 15 is 0 Å². The first-order chi connectivity index (χ1) is 34.3. The van der Waals surface area contributed by atoms with E-state index in [1.165, 1.54) is 11.8 Å². The fourth-order valence-corrected chi connectivity index (χ4v) is 9.71. The number of nitrogens with zero attached hydrogens (tertiary/aromatic N) is 2. The normalized spacial score (nSPS) is 14.5. The summed E-state index contributed by atoms with van der Waals surface area (Å²) in [7, 11) is 1.07. The lowest BCUT2D eigenvalue weighted by molar-refractivity contribution is -0.141. The van der Waals surface area contributed by atoms with Gasteiger partial charge < -0.3 is 36.6 Å². The van der Waals surface area contributed by atoms with E-state index in [1.54, 1.807) is 58.2 Å². The Morgan fingerprint density at radius 1 is 0.716 bits per heavy atom. The van der Waals surface area contributed by atoms with Gasteiger partial charge in [0.25, 0.3) is 5.91 Å². The Morgan fingerprint density at radius 2 is 1.28 bits per heavy atom. The van der Waals surface area contributed by atoms with Gasteiger partial charge in [-0.1, -0.05) is 139 Å². The molecule has 17 nitrogen and oxygen atoms in total. The van der Waals surface area contributed by atoms with Crippen molar-refractivity contribution in [3.8, 4) is 0 Å². The lowest BCUT2D eigenvalue weighted by atomic mass is 9.76. The first-order valence-corrected chi connectivity index (χ1v) is 26.9. The second-order valence-electron chi connectivity index (χ2n) is 22.3. The van der Waals surface area contributed by atoms with Crippen LogP contribution in [0.15, 0.2) is 96.6 Å². The first-order valence-electron chi connectivity index (χ1n) is 25.3. The number of likely N-dealkylation sites (N-methyl/N-ethyl adjacent to an activating group) is 2. The average molecular weight is 1050 g/mol. The molecule has 3 aromatic rings.